The molecule has 3 N–H and O–H groups in total. The summed E-state index contributed by atoms with van der Waals surface area (Å²) in [6.07, 6.45) is -0.127. The van der Waals surface area contributed by atoms with E-state index in [1.165, 1.54) is 11.3 Å². The maximum atomic E-state index is 11.9. The SMILES string of the molecule is O=C(O)CC(NC(=O)CNc1ccccc1)c1cccs1. The quantitative estimate of drug-likeness (QED) is 0.734. The van der Waals surface area contributed by atoms with Gasteiger partial charge in [0.1, 0.15) is 0 Å². The number of hydrogen-bond donors (Lipinski definition) is 3. The Labute approximate surface area is 126 Å². The summed E-state index contributed by atoms with van der Waals surface area (Å²) in [4.78, 5) is 23.7. The van der Waals surface area contributed by atoms with Gasteiger partial charge in [0, 0.05) is 10.6 Å². The summed E-state index contributed by atoms with van der Waals surface area (Å²) in [6.45, 7) is 0.103. The number of carbonyl (C=O) groups is 2. The minimum Gasteiger partial charge on any atom is -0.481 e. The van der Waals surface area contributed by atoms with Crippen LogP contribution in [-0.2, 0) is 9.59 Å². The summed E-state index contributed by atoms with van der Waals surface area (Å²) in [5.41, 5.74) is 0.846. The van der Waals surface area contributed by atoms with Gasteiger partial charge in [-0.25, -0.2) is 0 Å². The lowest BCUT2D eigenvalue weighted by Crippen LogP contribution is -2.34. The number of carbonyl (C=O) groups excluding carboxylic acids is 1. The summed E-state index contributed by atoms with van der Waals surface area (Å²) < 4.78 is 0. The van der Waals surface area contributed by atoms with Crippen LogP contribution in [0.25, 0.3) is 0 Å². The van der Waals surface area contributed by atoms with Crippen molar-refractivity contribution in [3.8, 4) is 0 Å². The van der Waals surface area contributed by atoms with Crippen LogP contribution >= 0.6 is 11.3 Å². The van der Waals surface area contributed by atoms with Gasteiger partial charge in [0.2, 0.25) is 5.91 Å². The second kappa shape index (κ2) is 7.44. The van der Waals surface area contributed by atoms with Crippen LogP contribution < -0.4 is 10.6 Å². The molecule has 0 radical (unpaired) electrons. The van der Waals surface area contributed by atoms with Gasteiger partial charge >= 0.3 is 5.97 Å². The fourth-order valence-electron chi connectivity index (χ4n) is 1.87. The zero-order valence-electron chi connectivity index (χ0n) is 11.3. The highest BCUT2D eigenvalue weighted by atomic mass is 32.1. The average molecular weight is 304 g/mol. The van der Waals surface area contributed by atoms with Gasteiger partial charge in [-0.3, -0.25) is 9.59 Å². The molecule has 1 aromatic carbocycles. The van der Waals surface area contributed by atoms with E-state index in [0.717, 1.165) is 10.6 Å². The Hall–Kier alpha value is -2.34. The average Bonchev–Trinajstić information content (AvgIpc) is 2.99. The van der Waals surface area contributed by atoms with E-state index >= 15 is 0 Å². The highest BCUT2D eigenvalue weighted by Gasteiger charge is 2.18. The summed E-state index contributed by atoms with van der Waals surface area (Å²) in [6, 6.07) is 12.5. The predicted octanol–water partition coefficient (Wildman–Crippen LogP) is 2.49. The number of anilines is 1. The first-order chi connectivity index (χ1) is 10.1. The van der Waals surface area contributed by atoms with Gasteiger partial charge in [-0.15, -0.1) is 11.3 Å². The Bertz CT molecular complexity index is 584. The van der Waals surface area contributed by atoms with Crippen LogP contribution in [0, 0.1) is 0 Å². The van der Waals surface area contributed by atoms with Crippen molar-refractivity contribution in [1.29, 1.82) is 0 Å². The third-order valence-corrected chi connectivity index (χ3v) is 3.81. The number of thiophene rings is 1. The number of rotatable bonds is 7. The minimum absolute atomic E-state index is 0.103. The predicted molar refractivity (Wildman–Crippen MR) is 82.4 cm³/mol. The molecule has 1 amide bonds. The van der Waals surface area contributed by atoms with Crippen LogP contribution in [0.5, 0.6) is 0 Å². The molecule has 5 nitrogen and oxygen atoms in total. The van der Waals surface area contributed by atoms with Gasteiger partial charge < -0.3 is 15.7 Å². The lowest BCUT2D eigenvalue weighted by Gasteiger charge is -2.16. The molecule has 1 atom stereocenters. The number of carboxylic acid groups (broad SMARTS) is 1. The Morgan fingerprint density at radius 1 is 1.14 bits per heavy atom. The number of amides is 1. The maximum absolute atomic E-state index is 11.9. The van der Waals surface area contributed by atoms with Gasteiger partial charge in [-0.2, -0.15) is 0 Å². The topological polar surface area (TPSA) is 78.4 Å². The van der Waals surface area contributed by atoms with E-state index in [-0.39, 0.29) is 18.9 Å². The Kier molecular flexibility index (Phi) is 5.34. The highest BCUT2D eigenvalue weighted by Crippen LogP contribution is 2.21. The van der Waals surface area contributed by atoms with Crippen LogP contribution in [0.15, 0.2) is 47.8 Å². The number of aliphatic carboxylic acids is 1. The van der Waals surface area contributed by atoms with E-state index in [9.17, 15) is 9.59 Å². The first-order valence-electron chi connectivity index (χ1n) is 6.48. The number of nitrogens with one attached hydrogen (secondary N) is 2. The van der Waals surface area contributed by atoms with Crippen LogP contribution in [0.4, 0.5) is 5.69 Å². The van der Waals surface area contributed by atoms with E-state index in [4.69, 9.17) is 5.11 Å². The molecule has 0 saturated heterocycles. The van der Waals surface area contributed by atoms with Gasteiger partial charge in [0.15, 0.2) is 0 Å². The Morgan fingerprint density at radius 3 is 2.52 bits per heavy atom. The highest BCUT2D eigenvalue weighted by molar-refractivity contribution is 7.10. The van der Waals surface area contributed by atoms with Crippen LogP contribution in [0.2, 0.25) is 0 Å². The van der Waals surface area contributed by atoms with E-state index in [2.05, 4.69) is 10.6 Å². The molecule has 0 spiro atoms. The lowest BCUT2D eigenvalue weighted by molar-refractivity contribution is -0.137. The molecule has 0 aliphatic heterocycles. The van der Waals surface area contributed by atoms with Gasteiger partial charge in [-0.1, -0.05) is 24.3 Å². The van der Waals surface area contributed by atoms with Crippen LogP contribution in [0.1, 0.15) is 17.3 Å². The molecule has 0 aliphatic carbocycles. The molecular formula is C15H16N2O3S. The zero-order valence-corrected chi connectivity index (χ0v) is 12.1. The molecule has 0 fully saturated rings. The third kappa shape index (κ3) is 4.92. The molecule has 2 aromatic rings. The second-order valence-electron chi connectivity index (χ2n) is 4.45. The molecular weight excluding hydrogens is 288 g/mol. The van der Waals surface area contributed by atoms with Crippen molar-refractivity contribution in [2.45, 2.75) is 12.5 Å². The van der Waals surface area contributed by atoms with Crippen molar-refractivity contribution < 1.29 is 14.7 Å². The molecule has 6 heteroatoms. The number of para-hydroxylation sites is 1. The largest absolute Gasteiger partial charge is 0.481 e. The molecule has 110 valence electrons. The molecule has 0 bridgehead atoms. The molecule has 21 heavy (non-hydrogen) atoms. The smallest absolute Gasteiger partial charge is 0.305 e. The molecule has 1 heterocycles. The van der Waals surface area contributed by atoms with Crippen molar-refractivity contribution in [2.75, 3.05) is 11.9 Å². The minimum atomic E-state index is -0.940. The molecule has 1 aromatic heterocycles. The molecule has 0 saturated carbocycles. The Balaban J connectivity index is 1.90. The van der Waals surface area contributed by atoms with Crippen molar-refractivity contribution in [3.63, 3.8) is 0 Å². The lowest BCUT2D eigenvalue weighted by atomic mass is 10.1. The standard InChI is InChI=1S/C15H16N2O3S/c18-14(10-16-11-5-2-1-3-6-11)17-12(9-15(19)20)13-7-4-8-21-13/h1-8,12,16H,9-10H2,(H,17,18)(H,19,20). The monoisotopic (exact) mass is 304 g/mol. The van der Waals surface area contributed by atoms with Gasteiger partial charge in [0.25, 0.3) is 0 Å². The second-order valence-corrected chi connectivity index (χ2v) is 5.43. The van der Waals surface area contributed by atoms with Crippen LogP contribution in [0.3, 0.4) is 0 Å². The van der Waals surface area contributed by atoms with Gasteiger partial charge in [-0.05, 0) is 23.6 Å². The normalized spacial score (nSPS) is 11.6. The van der Waals surface area contributed by atoms with Crippen molar-refractivity contribution >= 4 is 28.9 Å². The van der Waals surface area contributed by atoms with E-state index in [0.29, 0.717) is 0 Å². The number of benzene rings is 1. The van der Waals surface area contributed by atoms with Crippen LogP contribution in [-0.4, -0.2) is 23.5 Å². The zero-order chi connectivity index (χ0) is 15.1. The number of carboxylic acids is 1. The molecule has 2 rings (SSSR count). The van der Waals surface area contributed by atoms with E-state index in [1.54, 1.807) is 0 Å². The third-order valence-electron chi connectivity index (χ3n) is 2.83. The molecule has 1 unspecified atom stereocenters. The van der Waals surface area contributed by atoms with E-state index in [1.807, 2.05) is 47.8 Å². The van der Waals surface area contributed by atoms with Gasteiger partial charge in [0.05, 0.1) is 19.0 Å². The summed E-state index contributed by atoms with van der Waals surface area (Å²) in [5, 5.41) is 16.5. The first kappa shape index (κ1) is 15.1. The number of hydrogen-bond acceptors (Lipinski definition) is 4. The van der Waals surface area contributed by atoms with Crippen molar-refractivity contribution in [3.05, 3.63) is 52.7 Å². The summed E-state index contributed by atoms with van der Waals surface area (Å²) in [7, 11) is 0. The fourth-order valence-corrected chi connectivity index (χ4v) is 2.65. The summed E-state index contributed by atoms with van der Waals surface area (Å²) in [5.74, 6) is -1.18. The fraction of sp³-hybridized carbons (Fsp3) is 0.200. The maximum Gasteiger partial charge on any atom is 0.305 e. The summed E-state index contributed by atoms with van der Waals surface area (Å²) >= 11 is 1.43. The van der Waals surface area contributed by atoms with Crippen molar-refractivity contribution in [2.24, 2.45) is 0 Å². The van der Waals surface area contributed by atoms with Crippen molar-refractivity contribution in [1.82, 2.24) is 5.32 Å². The van der Waals surface area contributed by atoms with E-state index < -0.39 is 12.0 Å². The Morgan fingerprint density at radius 2 is 1.90 bits per heavy atom. The molecule has 0 aliphatic rings. The first-order valence-corrected chi connectivity index (χ1v) is 7.36.